The molecule has 0 radical (unpaired) electrons. The van der Waals surface area contributed by atoms with Crippen molar-refractivity contribution in [1.29, 1.82) is 0 Å². The zero-order chi connectivity index (χ0) is 44.7. The fourth-order valence-electron chi connectivity index (χ4n) is 8.28. The number of esters is 3. The summed E-state index contributed by atoms with van der Waals surface area (Å²) in [7, 11) is 0. The molecule has 0 fully saturated rings. The molecule has 6 heteroatoms. The van der Waals surface area contributed by atoms with Crippen molar-refractivity contribution < 1.29 is 28.6 Å². The molecule has 0 aromatic rings. The van der Waals surface area contributed by atoms with Crippen LogP contribution in [0.4, 0.5) is 0 Å². The second-order valence-corrected chi connectivity index (χ2v) is 19.4. The maximum absolute atomic E-state index is 12.8. The quantitative estimate of drug-likeness (QED) is 0.0344. The Labute approximate surface area is 380 Å². The average molecular weight is 863 g/mol. The van der Waals surface area contributed by atoms with E-state index >= 15 is 0 Å². The molecule has 362 valence electrons. The second-order valence-electron chi connectivity index (χ2n) is 19.4. The van der Waals surface area contributed by atoms with E-state index in [1.54, 1.807) is 0 Å². The molecule has 0 N–H and O–H groups in total. The predicted octanol–water partition coefficient (Wildman–Crippen LogP) is 17.7. The highest BCUT2D eigenvalue weighted by atomic mass is 16.6. The van der Waals surface area contributed by atoms with Crippen LogP contribution >= 0.6 is 0 Å². The Balaban J connectivity index is 4.18. The molecule has 3 atom stereocenters. The van der Waals surface area contributed by atoms with Crippen molar-refractivity contribution in [2.75, 3.05) is 13.2 Å². The lowest BCUT2D eigenvalue weighted by Crippen LogP contribution is -2.30. The number of rotatable bonds is 49. The Morgan fingerprint density at radius 2 is 0.574 bits per heavy atom. The Kier molecular flexibility index (Phi) is 46.6. The van der Waals surface area contributed by atoms with Gasteiger partial charge < -0.3 is 14.2 Å². The van der Waals surface area contributed by atoms with Crippen LogP contribution < -0.4 is 0 Å². The second kappa shape index (κ2) is 47.9. The van der Waals surface area contributed by atoms with Crippen molar-refractivity contribution in [2.45, 2.75) is 310 Å². The van der Waals surface area contributed by atoms with E-state index in [1.165, 1.54) is 193 Å². The number of unbranched alkanes of at least 4 members (excludes halogenated alkanes) is 32. The summed E-state index contributed by atoms with van der Waals surface area (Å²) in [6, 6.07) is 0. The van der Waals surface area contributed by atoms with E-state index in [0.29, 0.717) is 19.3 Å². The summed E-state index contributed by atoms with van der Waals surface area (Å²) in [4.78, 5) is 37.9. The first-order valence-corrected chi connectivity index (χ1v) is 27.3. The lowest BCUT2D eigenvalue weighted by atomic mass is 9.99. The van der Waals surface area contributed by atoms with Crippen LogP contribution in [0.25, 0.3) is 0 Å². The van der Waals surface area contributed by atoms with Crippen molar-refractivity contribution in [2.24, 2.45) is 11.8 Å². The van der Waals surface area contributed by atoms with Crippen LogP contribution in [0, 0.1) is 11.8 Å². The smallest absolute Gasteiger partial charge is 0.306 e. The highest BCUT2D eigenvalue weighted by Gasteiger charge is 2.19. The third kappa shape index (κ3) is 46.2. The van der Waals surface area contributed by atoms with Gasteiger partial charge >= 0.3 is 17.9 Å². The van der Waals surface area contributed by atoms with Crippen LogP contribution in [0.1, 0.15) is 304 Å². The molecule has 0 aliphatic rings. The number of hydrogen-bond acceptors (Lipinski definition) is 6. The van der Waals surface area contributed by atoms with Crippen molar-refractivity contribution >= 4 is 17.9 Å². The van der Waals surface area contributed by atoms with Gasteiger partial charge in [0.2, 0.25) is 0 Å². The Morgan fingerprint density at radius 1 is 0.328 bits per heavy atom. The monoisotopic (exact) mass is 863 g/mol. The van der Waals surface area contributed by atoms with Crippen molar-refractivity contribution in [1.82, 2.24) is 0 Å². The third-order valence-corrected chi connectivity index (χ3v) is 13.2. The van der Waals surface area contributed by atoms with Crippen LogP contribution in [-0.2, 0) is 28.6 Å². The minimum absolute atomic E-state index is 0.0636. The van der Waals surface area contributed by atoms with E-state index in [1.807, 2.05) is 0 Å². The average Bonchev–Trinajstić information content (AvgIpc) is 3.26. The summed E-state index contributed by atoms with van der Waals surface area (Å²) in [6.45, 7) is 11.4. The highest BCUT2D eigenvalue weighted by Crippen LogP contribution is 2.19. The van der Waals surface area contributed by atoms with E-state index < -0.39 is 6.10 Å². The highest BCUT2D eigenvalue weighted by molar-refractivity contribution is 5.71. The van der Waals surface area contributed by atoms with Crippen LogP contribution in [0.15, 0.2) is 0 Å². The van der Waals surface area contributed by atoms with Crippen molar-refractivity contribution in [3.05, 3.63) is 0 Å². The summed E-state index contributed by atoms with van der Waals surface area (Å²) in [6.07, 6.45) is 49.5. The predicted molar refractivity (Wildman–Crippen MR) is 261 cm³/mol. The zero-order valence-electron chi connectivity index (χ0n) is 41.8. The molecule has 0 aliphatic carbocycles. The Bertz CT molecular complexity index is 935. The van der Waals surface area contributed by atoms with Gasteiger partial charge in [0.15, 0.2) is 6.10 Å². The third-order valence-electron chi connectivity index (χ3n) is 13.2. The van der Waals surface area contributed by atoms with Gasteiger partial charge in [-0.1, -0.05) is 266 Å². The first kappa shape index (κ1) is 59.4. The van der Waals surface area contributed by atoms with E-state index in [0.717, 1.165) is 69.6 Å². The lowest BCUT2D eigenvalue weighted by Gasteiger charge is -2.18. The SMILES string of the molecule is CCCCCCCCCC(=O)OC[C@H](COC(=O)CCCCCCCCCCCCCCCCC(C)CC)OC(=O)CCCCCCCCCCCCCCCCC(C)CC. The summed E-state index contributed by atoms with van der Waals surface area (Å²) in [5.41, 5.74) is 0. The molecule has 0 saturated heterocycles. The first-order chi connectivity index (χ1) is 29.8. The van der Waals surface area contributed by atoms with Crippen LogP contribution in [0.2, 0.25) is 0 Å². The Morgan fingerprint density at radius 3 is 0.852 bits per heavy atom. The van der Waals surface area contributed by atoms with E-state index in [9.17, 15) is 14.4 Å². The molecule has 0 aromatic heterocycles. The van der Waals surface area contributed by atoms with Gasteiger partial charge in [-0.3, -0.25) is 14.4 Å². The summed E-state index contributed by atoms with van der Waals surface area (Å²) < 4.78 is 16.8. The maximum Gasteiger partial charge on any atom is 0.306 e. The minimum atomic E-state index is -0.761. The lowest BCUT2D eigenvalue weighted by molar-refractivity contribution is -0.167. The van der Waals surface area contributed by atoms with Crippen LogP contribution in [0.3, 0.4) is 0 Å². The molecule has 0 heterocycles. The first-order valence-electron chi connectivity index (χ1n) is 27.3. The fraction of sp³-hybridized carbons (Fsp3) is 0.945. The minimum Gasteiger partial charge on any atom is -0.462 e. The van der Waals surface area contributed by atoms with Gasteiger partial charge in [0, 0.05) is 19.3 Å². The van der Waals surface area contributed by atoms with Gasteiger partial charge in [0.1, 0.15) is 13.2 Å². The van der Waals surface area contributed by atoms with Gasteiger partial charge in [-0.25, -0.2) is 0 Å². The molecule has 0 saturated carbocycles. The number of hydrogen-bond donors (Lipinski definition) is 0. The van der Waals surface area contributed by atoms with E-state index in [-0.39, 0.29) is 31.1 Å². The van der Waals surface area contributed by atoms with Gasteiger partial charge in [0.25, 0.3) is 0 Å². The Hall–Kier alpha value is -1.59. The normalized spacial score (nSPS) is 12.9. The molecule has 0 aromatic carbocycles. The molecule has 0 aliphatic heterocycles. The molecule has 0 amide bonds. The topological polar surface area (TPSA) is 78.9 Å². The standard InChI is InChI=1S/C55H106O6/c1-6-9-10-11-28-35-40-45-53(56)59-48-52(61-55(58)47-42-37-32-27-23-19-15-13-17-21-25-30-34-39-44-51(5)8-3)49-60-54(57)46-41-36-31-26-22-18-14-12-16-20-24-29-33-38-43-50(4)7-2/h50-52H,6-49H2,1-5H3/t50?,51?,52-/m1/s1. The molecule has 2 unspecified atom stereocenters. The molecule has 0 rings (SSSR count). The molecule has 0 bridgehead atoms. The molecular weight excluding hydrogens is 757 g/mol. The number of carbonyl (C=O) groups is 3. The summed E-state index contributed by atoms with van der Waals surface area (Å²) in [5.74, 6) is 0.940. The van der Waals surface area contributed by atoms with Crippen LogP contribution in [0.5, 0.6) is 0 Å². The zero-order valence-corrected chi connectivity index (χ0v) is 41.8. The maximum atomic E-state index is 12.8. The molecule has 61 heavy (non-hydrogen) atoms. The van der Waals surface area contributed by atoms with Crippen molar-refractivity contribution in [3.63, 3.8) is 0 Å². The molecule has 6 nitrogen and oxygen atoms in total. The van der Waals surface area contributed by atoms with E-state index in [2.05, 4.69) is 34.6 Å². The fourth-order valence-corrected chi connectivity index (χ4v) is 8.28. The van der Waals surface area contributed by atoms with Gasteiger partial charge in [-0.15, -0.1) is 0 Å². The van der Waals surface area contributed by atoms with Gasteiger partial charge in [-0.05, 0) is 31.1 Å². The number of carbonyl (C=O) groups excluding carboxylic acids is 3. The summed E-state index contributed by atoms with van der Waals surface area (Å²) in [5, 5.41) is 0. The van der Waals surface area contributed by atoms with Crippen molar-refractivity contribution in [3.8, 4) is 0 Å². The number of ether oxygens (including phenoxy) is 3. The molecular formula is C55H106O6. The largest absolute Gasteiger partial charge is 0.462 e. The van der Waals surface area contributed by atoms with Gasteiger partial charge in [0.05, 0.1) is 0 Å². The molecule has 0 spiro atoms. The van der Waals surface area contributed by atoms with E-state index in [4.69, 9.17) is 14.2 Å². The van der Waals surface area contributed by atoms with Gasteiger partial charge in [-0.2, -0.15) is 0 Å². The summed E-state index contributed by atoms with van der Waals surface area (Å²) >= 11 is 0. The van der Waals surface area contributed by atoms with Crippen LogP contribution in [-0.4, -0.2) is 37.2 Å².